The van der Waals surface area contributed by atoms with Crippen molar-refractivity contribution < 1.29 is 19.4 Å². The molecule has 0 aromatic heterocycles. The highest BCUT2D eigenvalue weighted by Gasteiger charge is 2.12. The molecule has 0 radical (unpaired) electrons. The van der Waals surface area contributed by atoms with Gasteiger partial charge in [-0.3, -0.25) is 4.79 Å². The molecule has 1 fully saturated rings. The molecule has 0 bridgehead atoms. The van der Waals surface area contributed by atoms with Crippen LogP contribution in [0.3, 0.4) is 0 Å². The van der Waals surface area contributed by atoms with E-state index in [2.05, 4.69) is 4.90 Å². The third kappa shape index (κ3) is 4.81. The third-order valence-corrected chi connectivity index (χ3v) is 4.59. The van der Waals surface area contributed by atoms with Gasteiger partial charge in [-0.25, -0.2) is 0 Å². The average Bonchev–Trinajstić information content (AvgIpc) is 2.70. The van der Waals surface area contributed by atoms with Crippen LogP contribution >= 0.6 is 11.6 Å². The Morgan fingerprint density at radius 1 is 1.26 bits per heavy atom. The largest absolute Gasteiger partial charge is 0.503 e. The number of hydrogen-bond acceptors (Lipinski definition) is 5. The van der Waals surface area contributed by atoms with E-state index in [9.17, 15) is 9.90 Å². The first kappa shape index (κ1) is 19.3. The monoisotopic (exact) mass is 387 g/mol. The molecule has 6 heteroatoms. The fraction of sp³-hybridized carbons (Fsp3) is 0.286. The van der Waals surface area contributed by atoms with Crippen LogP contribution in [-0.2, 0) is 4.74 Å². The molecule has 2 aromatic rings. The van der Waals surface area contributed by atoms with E-state index in [1.807, 2.05) is 31.2 Å². The maximum absolute atomic E-state index is 12.4. The molecule has 0 unspecified atom stereocenters. The van der Waals surface area contributed by atoms with Crippen molar-refractivity contribution in [1.82, 2.24) is 0 Å². The quantitative estimate of drug-likeness (QED) is 0.595. The van der Waals surface area contributed by atoms with E-state index in [-0.39, 0.29) is 16.6 Å². The summed E-state index contributed by atoms with van der Waals surface area (Å²) in [4.78, 5) is 14.7. The van der Waals surface area contributed by atoms with Crippen molar-refractivity contribution in [3.63, 3.8) is 0 Å². The van der Waals surface area contributed by atoms with Crippen LogP contribution in [0.1, 0.15) is 22.8 Å². The number of benzene rings is 2. The van der Waals surface area contributed by atoms with Gasteiger partial charge < -0.3 is 19.5 Å². The smallest absolute Gasteiger partial charge is 0.185 e. The fourth-order valence-corrected chi connectivity index (χ4v) is 3.10. The number of phenolic OH excluding ortho intramolecular Hbond substituents is 1. The second kappa shape index (κ2) is 8.93. The molecule has 0 spiro atoms. The number of halogens is 1. The van der Waals surface area contributed by atoms with Gasteiger partial charge >= 0.3 is 0 Å². The van der Waals surface area contributed by atoms with Crippen LogP contribution < -0.4 is 9.64 Å². The Hall–Kier alpha value is -2.50. The predicted octanol–water partition coefficient (Wildman–Crippen LogP) is 4.18. The zero-order valence-electron chi connectivity index (χ0n) is 15.2. The lowest BCUT2D eigenvalue weighted by atomic mass is 10.1. The van der Waals surface area contributed by atoms with Crippen LogP contribution in [0.25, 0.3) is 6.08 Å². The van der Waals surface area contributed by atoms with Crippen LogP contribution in [0, 0.1) is 0 Å². The lowest BCUT2D eigenvalue weighted by molar-refractivity contribution is 0.104. The molecular weight excluding hydrogens is 366 g/mol. The molecule has 5 nitrogen and oxygen atoms in total. The number of nitrogens with zero attached hydrogens (tertiary/aromatic N) is 1. The highest BCUT2D eigenvalue weighted by atomic mass is 35.5. The number of rotatable bonds is 6. The Labute approximate surface area is 163 Å². The third-order valence-electron chi connectivity index (χ3n) is 4.31. The molecule has 1 aliphatic rings. The highest BCUT2D eigenvalue weighted by Crippen LogP contribution is 2.35. The molecule has 0 saturated carbocycles. The second-order valence-electron chi connectivity index (χ2n) is 6.13. The van der Waals surface area contributed by atoms with Gasteiger partial charge in [0.25, 0.3) is 0 Å². The summed E-state index contributed by atoms with van der Waals surface area (Å²) in [5.74, 6) is 0.0957. The van der Waals surface area contributed by atoms with Gasteiger partial charge in [0.05, 0.1) is 24.8 Å². The predicted molar refractivity (Wildman–Crippen MR) is 107 cm³/mol. The van der Waals surface area contributed by atoms with E-state index in [0.717, 1.165) is 32.0 Å². The summed E-state index contributed by atoms with van der Waals surface area (Å²) in [7, 11) is 0. The van der Waals surface area contributed by atoms with E-state index in [0.29, 0.717) is 23.5 Å². The first-order chi connectivity index (χ1) is 13.1. The number of ether oxygens (including phenoxy) is 2. The Kier molecular flexibility index (Phi) is 6.37. The number of carbonyl (C=O) groups excluding carboxylic acids is 1. The van der Waals surface area contributed by atoms with E-state index < -0.39 is 0 Å². The van der Waals surface area contributed by atoms with E-state index >= 15 is 0 Å². The molecule has 0 amide bonds. The van der Waals surface area contributed by atoms with Gasteiger partial charge in [-0.05, 0) is 55.0 Å². The number of carbonyl (C=O) groups is 1. The molecule has 27 heavy (non-hydrogen) atoms. The van der Waals surface area contributed by atoms with E-state index in [1.165, 1.54) is 6.08 Å². The number of morpholine rings is 1. The first-order valence-corrected chi connectivity index (χ1v) is 9.26. The molecular formula is C21H22ClNO4. The fourth-order valence-electron chi connectivity index (χ4n) is 2.88. The molecule has 0 atom stereocenters. The topological polar surface area (TPSA) is 59.0 Å². The van der Waals surface area contributed by atoms with E-state index in [1.54, 1.807) is 18.2 Å². The molecule has 142 valence electrons. The van der Waals surface area contributed by atoms with Crippen LogP contribution in [0.2, 0.25) is 5.02 Å². The molecule has 0 aliphatic carbocycles. The van der Waals surface area contributed by atoms with Crippen molar-refractivity contribution in [2.45, 2.75) is 6.92 Å². The Bertz CT molecular complexity index is 827. The summed E-state index contributed by atoms with van der Waals surface area (Å²) in [6.07, 6.45) is 3.15. The minimum absolute atomic E-state index is 0.0966. The van der Waals surface area contributed by atoms with Crippen molar-refractivity contribution in [2.24, 2.45) is 0 Å². The molecule has 1 N–H and O–H groups in total. The number of phenols is 1. The number of aromatic hydroxyl groups is 1. The van der Waals surface area contributed by atoms with Gasteiger partial charge in [0, 0.05) is 24.3 Å². The van der Waals surface area contributed by atoms with E-state index in [4.69, 9.17) is 21.1 Å². The number of anilines is 1. The Morgan fingerprint density at radius 2 is 1.96 bits per heavy atom. The normalized spacial score (nSPS) is 14.5. The van der Waals surface area contributed by atoms with Crippen LogP contribution in [0.15, 0.2) is 42.5 Å². The number of allylic oxidation sites excluding steroid dienone is 1. The van der Waals surface area contributed by atoms with Crippen molar-refractivity contribution in [3.8, 4) is 11.5 Å². The van der Waals surface area contributed by atoms with Gasteiger partial charge in [-0.15, -0.1) is 0 Å². The molecule has 1 heterocycles. The first-order valence-electron chi connectivity index (χ1n) is 8.89. The van der Waals surface area contributed by atoms with Gasteiger partial charge in [-0.1, -0.05) is 17.7 Å². The zero-order chi connectivity index (χ0) is 19.2. The standard InChI is InChI=1S/C21H22ClNO4/c1-2-27-20-14-15(13-18(22)21(20)25)3-8-19(24)16-4-6-17(7-5-16)23-9-11-26-12-10-23/h3-8,13-14,25H,2,9-12H2,1H3/b8-3+. The maximum atomic E-state index is 12.4. The Morgan fingerprint density at radius 3 is 2.63 bits per heavy atom. The van der Waals surface area contributed by atoms with Crippen molar-refractivity contribution in [3.05, 3.63) is 58.6 Å². The van der Waals surface area contributed by atoms with Crippen LogP contribution in [0.5, 0.6) is 11.5 Å². The SMILES string of the molecule is CCOc1cc(/C=C/C(=O)c2ccc(N3CCOCC3)cc2)cc(Cl)c1O. The van der Waals surface area contributed by atoms with Crippen LogP contribution in [0.4, 0.5) is 5.69 Å². The van der Waals surface area contributed by atoms with Crippen LogP contribution in [-0.4, -0.2) is 43.8 Å². The minimum atomic E-state index is -0.106. The lowest BCUT2D eigenvalue weighted by Gasteiger charge is -2.28. The molecule has 1 saturated heterocycles. The molecule has 2 aromatic carbocycles. The summed E-state index contributed by atoms with van der Waals surface area (Å²) < 4.78 is 10.7. The maximum Gasteiger partial charge on any atom is 0.185 e. The summed E-state index contributed by atoms with van der Waals surface area (Å²) in [5, 5.41) is 10.1. The van der Waals surface area contributed by atoms with Crippen molar-refractivity contribution in [2.75, 3.05) is 37.8 Å². The van der Waals surface area contributed by atoms with Gasteiger partial charge in [0.1, 0.15) is 0 Å². The van der Waals surface area contributed by atoms with Crippen molar-refractivity contribution >= 4 is 29.1 Å². The minimum Gasteiger partial charge on any atom is -0.503 e. The molecule has 3 rings (SSSR count). The summed E-state index contributed by atoms with van der Waals surface area (Å²) >= 11 is 6.02. The summed E-state index contributed by atoms with van der Waals surface area (Å²) in [6.45, 7) is 5.39. The number of hydrogen-bond donors (Lipinski definition) is 1. The van der Waals surface area contributed by atoms with Crippen molar-refractivity contribution in [1.29, 1.82) is 0 Å². The number of ketones is 1. The second-order valence-corrected chi connectivity index (χ2v) is 6.53. The van der Waals surface area contributed by atoms with Gasteiger partial charge in [0.15, 0.2) is 17.3 Å². The lowest BCUT2D eigenvalue weighted by Crippen LogP contribution is -2.36. The average molecular weight is 388 g/mol. The summed E-state index contributed by atoms with van der Waals surface area (Å²) in [5.41, 5.74) is 2.38. The van der Waals surface area contributed by atoms with Gasteiger partial charge in [0.2, 0.25) is 0 Å². The molecule has 1 aliphatic heterocycles. The zero-order valence-corrected chi connectivity index (χ0v) is 15.9. The summed E-state index contributed by atoms with van der Waals surface area (Å²) in [6, 6.07) is 10.8. The highest BCUT2D eigenvalue weighted by molar-refractivity contribution is 6.32. The van der Waals surface area contributed by atoms with Gasteiger partial charge in [-0.2, -0.15) is 0 Å². The Balaban J connectivity index is 1.71.